The van der Waals surface area contributed by atoms with Gasteiger partial charge in [0.15, 0.2) is 0 Å². The van der Waals surface area contributed by atoms with Gasteiger partial charge < -0.3 is 19.8 Å². The van der Waals surface area contributed by atoms with Crippen LogP contribution in [0.4, 0.5) is 0 Å². The molecule has 37 heavy (non-hydrogen) atoms. The number of rotatable bonds is 12. The van der Waals surface area contributed by atoms with Gasteiger partial charge in [-0.1, -0.05) is 42.3 Å². The molecule has 2 atom stereocenters. The van der Waals surface area contributed by atoms with Crippen LogP contribution in [-0.2, 0) is 24.4 Å². The molecule has 1 aliphatic carbocycles. The monoisotopic (exact) mass is 572 g/mol. The summed E-state index contributed by atoms with van der Waals surface area (Å²) in [5, 5.41) is 0.554. The van der Waals surface area contributed by atoms with E-state index in [0.717, 1.165) is 5.56 Å². The average molecular weight is 573 g/mol. The Morgan fingerprint density at radius 2 is 1.84 bits per heavy atom. The van der Waals surface area contributed by atoms with Crippen molar-refractivity contribution < 1.29 is 78.9 Å². The largest absolute Gasteiger partial charge is 1.00 e. The number of allylic oxidation sites excluding steroid dienone is 3. The first-order valence-electron chi connectivity index (χ1n) is 11.5. The van der Waals surface area contributed by atoms with Gasteiger partial charge >= 0.3 is 57.4 Å². The van der Waals surface area contributed by atoms with Gasteiger partial charge in [-0.05, 0) is 80.4 Å². The molecule has 0 bridgehead atoms. The first-order valence-corrected chi connectivity index (χ1v) is 13.3. The molecule has 0 aliphatic heterocycles. The Bertz CT molecular complexity index is 1200. The van der Waals surface area contributed by atoms with Crippen LogP contribution in [0.1, 0.15) is 32.3 Å². The number of benzene rings is 2. The molecule has 8 nitrogen and oxygen atoms in total. The molecule has 2 aromatic rings. The van der Waals surface area contributed by atoms with E-state index in [0.29, 0.717) is 29.6 Å². The number of hydrogen-bond donors (Lipinski definition) is 1. The predicted octanol–water partition coefficient (Wildman–Crippen LogP) is 2.44. The van der Waals surface area contributed by atoms with Crippen LogP contribution in [0.25, 0.3) is 5.48 Å². The third-order valence-corrected chi connectivity index (χ3v) is 7.13. The zero-order valence-electron chi connectivity index (χ0n) is 21.4. The molecule has 0 spiro atoms. The molecule has 0 fully saturated rings. The van der Waals surface area contributed by atoms with Crippen LogP contribution in [0.15, 0.2) is 77.4 Å². The first kappa shape index (κ1) is 32.0. The summed E-state index contributed by atoms with van der Waals surface area (Å²) in [6.45, 7) is 5.80. The van der Waals surface area contributed by atoms with E-state index in [4.69, 9.17) is 25.9 Å². The number of hydrogen-bond acceptors (Lipinski definition) is 6. The van der Waals surface area contributed by atoms with Crippen molar-refractivity contribution in [3.05, 3.63) is 88.6 Å². The van der Waals surface area contributed by atoms with Crippen molar-refractivity contribution in [1.82, 2.24) is 4.72 Å². The number of sulfonamides is 1. The van der Waals surface area contributed by atoms with Gasteiger partial charge in [0.1, 0.15) is 5.75 Å². The van der Waals surface area contributed by atoms with E-state index < -0.39 is 21.6 Å². The van der Waals surface area contributed by atoms with Gasteiger partial charge in [-0.25, -0.2) is 13.1 Å². The van der Waals surface area contributed by atoms with Crippen molar-refractivity contribution >= 4 is 27.6 Å². The summed E-state index contributed by atoms with van der Waals surface area (Å²) in [7, 11) is -3.89. The molecule has 2 aromatic carbocycles. The third-order valence-electron chi connectivity index (χ3n) is 5.40. The van der Waals surface area contributed by atoms with Gasteiger partial charge in [0.25, 0.3) is 0 Å². The summed E-state index contributed by atoms with van der Waals surface area (Å²) in [6.07, 6.45) is 5.10. The van der Waals surface area contributed by atoms with Gasteiger partial charge in [0.2, 0.25) is 10.0 Å². The van der Waals surface area contributed by atoms with Crippen LogP contribution in [0.3, 0.4) is 0 Å². The van der Waals surface area contributed by atoms with Crippen LogP contribution in [-0.4, -0.2) is 33.8 Å². The maximum Gasteiger partial charge on any atom is 1.00 e. The summed E-state index contributed by atoms with van der Waals surface area (Å²) >= 11 is 5.92. The van der Waals surface area contributed by atoms with Crippen LogP contribution in [0, 0.1) is 12.3 Å². The van der Waals surface area contributed by atoms with E-state index in [2.05, 4.69) is 10.2 Å². The molecule has 0 heterocycles. The summed E-state index contributed by atoms with van der Waals surface area (Å²) in [4.78, 5) is 17.5. The maximum absolute atomic E-state index is 12.9. The number of aryl methyl sites for hydroxylation is 1. The summed E-state index contributed by atoms with van der Waals surface area (Å²) in [5.74, 6) is 0.667. The number of esters is 1. The van der Waals surface area contributed by atoms with Gasteiger partial charge in [-0.3, -0.25) is 4.79 Å². The molecule has 0 amide bonds. The van der Waals surface area contributed by atoms with Gasteiger partial charge in [0.05, 0.1) is 30.3 Å². The molecule has 0 radical (unpaired) electrons. The van der Waals surface area contributed by atoms with Crippen LogP contribution in [0.2, 0.25) is 5.02 Å². The minimum atomic E-state index is -3.89. The Balaban J connectivity index is 0.00000481. The molecule has 0 saturated carbocycles. The predicted molar refractivity (Wildman–Crippen MR) is 138 cm³/mol. The zero-order valence-corrected chi connectivity index (χ0v) is 26.1. The van der Waals surface area contributed by atoms with Crippen molar-refractivity contribution in [1.29, 1.82) is 0 Å². The number of carbonyl (C=O) groups is 1. The van der Waals surface area contributed by atoms with Crippen molar-refractivity contribution in [2.24, 2.45) is 5.41 Å². The van der Waals surface area contributed by atoms with Crippen molar-refractivity contribution in [3.63, 3.8) is 0 Å². The molecule has 0 aromatic heterocycles. The molecule has 1 N–H and O–H groups in total. The Morgan fingerprint density at radius 3 is 2.43 bits per heavy atom. The Morgan fingerprint density at radius 1 is 1.16 bits per heavy atom. The van der Waals surface area contributed by atoms with E-state index in [1.807, 2.05) is 19.9 Å². The van der Waals surface area contributed by atoms with E-state index in [-0.39, 0.29) is 75.3 Å². The number of hydroxylamine groups is 1. The quantitative estimate of drug-likeness (QED) is 0.238. The summed E-state index contributed by atoms with van der Waals surface area (Å²) < 4.78 is 39.1. The second-order valence-electron chi connectivity index (χ2n) is 8.69. The normalized spacial score (nSPS) is 17.8. The van der Waals surface area contributed by atoms with Crippen LogP contribution >= 0.6 is 11.6 Å². The van der Waals surface area contributed by atoms with Crippen molar-refractivity contribution in [2.45, 2.75) is 44.7 Å². The molecule has 0 saturated heterocycles. The topological polar surface area (TPSA) is 105 Å². The van der Waals surface area contributed by atoms with Gasteiger partial charge in [-0.2, -0.15) is 0 Å². The molecule has 1 aliphatic rings. The molecule has 11 heteroatoms. The summed E-state index contributed by atoms with van der Waals surface area (Å²) in [6, 6.07) is 13.1. The van der Waals surface area contributed by atoms with Gasteiger partial charge in [0, 0.05) is 5.02 Å². The molecule has 194 valence electrons. The van der Waals surface area contributed by atoms with E-state index in [1.54, 1.807) is 55.5 Å². The minimum absolute atomic E-state index is 0. The molecule has 3 rings (SSSR count). The van der Waals surface area contributed by atoms with E-state index in [1.165, 1.54) is 12.1 Å². The van der Waals surface area contributed by atoms with Gasteiger partial charge in [-0.15, -0.1) is 0 Å². The third kappa shape index (κ3) is 10.5. The minimum Gasteiger partial charge on any atom is -0.586 e. The molecular formula is C26H30ClKN2O6S. The fraction of sp³-hybridized carbons (Fsp3) is 0.346. The number of ether oxygens (including phenoxy) is 2. The maximum atomic E-state index is 12.9. The van der Waals surface area contributed by atoms with Crippen molar-refractivity contribution in [3.8, 4) is 5.75 Å². The number of carbonyl (C=O) groups excluding carboxylic acids is 1. The second-order valence-corrected chi connectivity index (χ2v) is 10.8. The Labute approximate surface area is 266 Å². The van der Waals surface area contributed by atoms with Crippen molar-refractivity contribution in [2.75, 3.05) is 13.2 Å². The van der Waals surface area contributed by atoms with Crippen LogP contribution < -0.4 is 60.8 Å². The Kier molecular flexibility index (Phi) is 12.8. The fourth-order valence-corrected chi connectivity index (χ4v) is 4.60. The van der Waals surface area contributed by atoms with E-state index in [9.17, 15) is 13.2 Å². The second kappa shape index (κ2) is 14.8. The molecule has 2 unspecified atom stereocenters. The number of nitrogens with one attached hydrogen (secondary N) is 1. The summed E-state index contributed by atoms with van der Waals surface area (Å²) in [5.41, 5.74) is 4.63. The molecular weight excluding hydrogens is 543 g/mol. The Hall–Kier alpha value is -1.21. The van der Waals surface area contributed by atoms with Crippen LogP contribution in [0.5, 0.6) is 5.75 Å². The smallest absolute Gasteiger partial charge is 0.586 e. The first-order chi connectivity index (χ1) is 17.1. The average Bonchev–Trinajstić information content (AvgIpc) is 2.83. The number of halogens is 1. The van der Waals surface area contributed by atoms with E-state index >= 15 is 0 Å². The number of nitrogens with zero attached hydrogens (tertiary/aromatic N) is 1. The zero-order chi connectivity index (χ0) is 26.2. The fourth-order valence-electron chi connectivity index (χ4n) is 3.37. The standard InChI is InChI=1S/C26H30ClN2O6S.K/c1-4-33-25(30)17-26(3)15-13-22(14-16-26)35-28-24(18-34-21-9-7-20(27)8-10-21)29-36(31,32)23-11-5-19(2)6-12-23;/h5-15,24,29H,4,16-18H2,1-3H3;/q-1;+1. The SMILES string of the molecule is CCOC(=O)CC1(C)C=CC(O[N-]C(COc2ccc(Cl)cc2)NS(=O)(=O)c2ccc(C)cc2)=CC1.[K+].